The van der Waals surface area contributed by atoms with E-state index in [4.69, 9.17) is 5.73 Å². The Morgan fingerprint density at radius 3 is 2.33 bits per heavy atom. The van der Waals surface area contributed by atoms with Crippen molar-refractivity contribution in [2.75, 3.05) is 5.32 Å². The summed E-state index contributed by atoms with van der Waals surface area (Å²) >= 11 is 0. The third-order valence-corrected chi connectivity index (χ3v) is 1.91. The molecule has 18 heavy (non-hydrogen) atoms. The number of primary amides is 1. The molecule has 0 aromatic heterocycles. The molecular weight excluding hydrogens is 232 g/mol. The van der Waals surface area contributed by atoms with Gasteiger partial charge in [-0.25, -0.2) is 0 Å². The summed E-state index contributed by atoms with van der Waals surface area (Å²) in [5.74, 6) is 3.51. The van der Waals surface area contributed by atoms with Gasteiger partial charge in [-0.15, -0.1) is 0 Å². The monoisotopic (exact) mass is 244 g/mol. The number of benzene rings is 1. The van der Waals surface area contributed by atoms with Gasteiger partial charge in [-0.1, -0.05) is 5.92 Å². The van der Waals surface area contributed by atoms with Crippen LogP contribution >= 0.6 is 0 Å². The molecule has 0 spiro atoms. The van der Waals surface area contributed by atoms with Crippen molar-refractivity contribution in [3.8, 4) is 11.8 Å². The zero-order valence-electron chi connectivity index (χ0n) is 9.82. The van der Waals surface area contributed by atoms with Crippen LogP contribution in [0, 0.1) is 11.8 Å². The van der Waals surface area contributed by atoms with Crippen LogP contribution in [0.4, 0.5) is 5.69 Å². The first-order valence-electron chi connectivity index (χ1n) is 5.18. The molecule has 92 valence electrons. The Hall–Kier alpha value is -2.61. The van der Waals surface area contributed by atoms with E-state index in [2.05, 4.69) is 17.2 Å². The molecule has 1 rings (SSSR count). The molecule has 3 N–H and O–H groups in total. The molecule has 5 nitrogen and oxygen atoms in total. The number of carbonyl (C=O) groups excluding carboxylic acids is 3. The summed E-state index contributed by atoms with van der Waals surface area (Å²) in [6, 6.07) is 6.53. The fourth-order valence-electron chi connectivity index (χ4n) is 1.20. The smallest absolute Gasteiger partial charge is 0.293 e. The SMILES string of the molecule is CC(=O)CC(=O)Nc1ccc(C#CC(N)=O)cc1. The van der Waals surface area contributed by atoms with Crippen molar-refractivity contribution in [2.24, 2.45) is 5.73 Å². The molecule has 0 atom stereocenters. The van der Waals surface area contributed by atoms with Crippen LogP contribution in [0.25, 0.3) is 0 Å². The summed E-state index contributed by atoms with van der Waals surface area (Å²) in [6.45, 7) is 1.35. The van der Waals surface area contributed by atoms with Gasteiger partial charge in [-0.3, -0.25) is 14.4 Å². The number of rotatable bonds is 3. The van der Waals surface area contributed by atoms with Gasteiger partial charge in [0.15, 0.2) is 0 Å². The predicted molar refractivity (Wildman–Crippen MR) is 66.4 cm³/mol. The number of carbonyl (C=O) groups is 3. The maximum Gasteiger partial charge on any atom is 0.293 e. The normalized spacial score (nSPS) is 8.94. The topological polar surface area (TPSA) is 89.3 Å². The summed E-state index contributed by atoms with van der Waals surface area (Å²) in [7, 11) is 0. The Bertz CT molecular complexity index is 536. The molecule has 1 aromatic carbocycles. The van der Waals surface area contributed by atoms with Crippen molar-refractivity contribution in [3.63, 3.8) is 0 Å². The highest BCUT2D eigenvalue weighted by atomic mass is 16.2. The molecule has 0 saturated carbocycles. The maximum absolute atomic E-state index is 11.3. The van der Waals surface area contributed by atoms with E-state index in [0.717, 1.165) is 0 Å². The molecular formula is C13H12N2O3. The predicted octanol–water partition coefficient (Wildman–Crippen LogP) is 0.441. The maximum atomic E-state index is 11.3. The molecule has 0 aliphatic heterocycles. The van der Waals surface area contributed by atoms with E-state index in [1.54, 1.807) is 24.3 Å². The van der Waals surface area contributed by atoms with E-state index in [9.17, 15) is 14.4 Å². The van der Waals surface area contributed by atoms with Gasteiger partial charge >= 0.3 is 0 Å². The number of Topliss-reactive ketones (excluding diaryl/α,β-unsaturated/α-hetero) is 1. The van der Waals surface area contributed by atoms with Gasteiger partial charge in [0.2, 0.25) is 5.91 Å². The van der Waals surface area contributed by atoms with Gasteiger partial charge in [-0.2, -0.15) is 0 Å². The van der Waals surface area contributed by atoms with Gasteiger partial charge in [0.05, 0.1) is 6.42 Å². The highest BCUT2D eigenvalue weighted by Crippen LogP contribution is 2.09. The second-order valence-electron chi connectivity index (χ2n) is 3.62. The van der Waals surface area contributed by atoms with E-state index in [1.807, 2.05) is 0 Å². The highest BCUT2D eigenvalue weighted by molar-refractivity contribution is 6.03. The van der Waals surface area contributed by atoms with Crippen molar-refractivity contribution in [3.05, 3.63) is 29.8 Å². The lowest BCUT2D eigenvalue weighted by Crippen LogP contribution is -2.14. The molecule has 0 aliphatic rings. The Morgan fingerprint density at radius 2 is 1.83 bits per heavy atom. The van der Waals surface area contributed by atoms with Crippen LogP contribution in [0.5, 0.6) is 0 Å². The van der Waals surface area contributed by atoms with Gasteiger partial charge in [-0.05, 0) is 37.1 Å². The molecule has 0 unspecified atom stereocenters. The van der Waals surface area contributed by atoms with E-state index < -0.39 is 5.91 Å². The number of anilines is 1. The fourth-order valence-corrected chi connectivity index (χ4v) is 1.20. The highest BCUT2D eigenvalue weighted by Gasteiger charge is 2.04. The molecule has 0 fully saturated rings. The van der Waals surface area contributed by atoms with E-state index >= 15 is 0 Å². The second-order valence-corrected chi connectivity index (χ2v) is 3.62. The minimum atomic E-state index is -0.700. The van der Waals surface area contributed by atoms with Gasteiger partial charge in [0.25, 0.3) is 5.91 Å². The average molecular weight is 244 g/mol. The quantitative estimate of drug-likeness (QED) is 0.597. The standard InChI is InChI=1S/C13H12N2O3/c1-9(16)8-13(18)15-11-5-2-10(3-6-11)4-7-12(14)17/h2-3,5-6H,8H2,1H3,(H2,14,17)(H,15,18). The summed E-state index contributed by atoms with van der Waals surface area (Å²) in [6.07, 6.45) is -0.150. The van der Waals surface area contributed by atoms with Gasteiger partial charge in [0.1, 0.15) is 5.78 Å². The van der Waals surface area contributed by atoms with Crippen molar-refractivity contribution in [2.45, 2.75) is 13.3 Å². The molecule has 0 heterocycles. The van der Waals surface area contributed by atoms with Crippen LogP contribution in [0.1, 0.15) is 18.9 Å². The van der Waals surface area contributed by atoms with Crippen molar-refractivity contribution in [1.29, 1.82) is 0 Å². The third kappa shape index (κ3) is 4.94. The fraction of sp³-hybridized carbons (Fsp3) is 0.154. The number of hydrogen-bond acceptors (Lipinski definition) is 3. The summed E-state index contributed by atoms with van der Waals surface area (Å²) < 4.78 is 0. The van der Waals surface area contributed by atoms with Crippen molar-refractivity contribution < 1.29 is 14.4 Å². The molecule has 0 radical (unpaired) electrons. The summed E-state index contributed by atoms with van der Waals surface area (Å²) in [4.78, 5) is 32.5. The zero-order valence-corrected chi connectivity index (χ0v) is 9.82. The Balaban J connectivity index is 2.67. The largest absolute Gasteiger partial charge is 0.359 e. The lowest BCUT2D eigenvalue weighted by atomic mass is 10.2. The van der Waals surface area contributed by atoms with Crippen molar-refractivity contribution >= 4 is 23.3 Å². The minimum absolute atomic E-state index is 0.150. The summed E-state index contributed by atoms with van der Waals surface area (Å²) in [5.41, 5.74) is 6.05. The molecule has 0 aliphatic carbocycles. The molecule has 0 bridgehead atoms. The lowest BCUT2D eigenvalue weighted by Gasteiger charge is -2.03. The van der Waals surface area contributed by atoms with E-state index in [1.165, 1.54) is 6.92 Å². The second kappa shape index (κ2) is 6.21. The molecule has 5 heteroatoms. The number of nitrogens with one attached hydrogen (secondary N) is 1. The van der Waals surface area contributed by atoms with Crippen LogP contribution in [-0.4, -0.2) is 17.6 Å². The first-order chi connectivity index (χ1) is 8.47. The number of amides is 2. The first-order valence-corrected chi connectivity index (χ1v) is 5.18. The average Bonchev–Trinajstić information content (AvgIpc) is 2.26. The van der Waals surface area contributed by atoms with E-state index in [0.29, 0.717) is 11.3 Å². The summed E-state index contributed by atoms with van der Waals surface area (Å²) in [5, 5.41) is 2.57. The van der Waals surface area contributed by atoms with Crippen molar-refractivity contribution in [1.82, 2.24) is 0 Å². The Morgan fingerprint density at radius 1 is 1.22 bits per heavy atom. The number of nitrogens with two attached hydrogens (primary N) is 1. The number of ketones is 1. The first kappa shape index (κ1) is 13.5. The Kier molecular flexibility index (Phi) is 4.64. The van der Waals surface area contributed by atoms with Gasteiger partial charge < -0.3 is 11.1 Å². The van der Waals surface area contributed by atoms with Gasteiger partial charge in [0, 0.05) is 11.3 Å². The van der Waals surface area contributed by atoms with Crippen LogP contribution in [0.15, 0.2) is 24.3 Å². The Labute approximate surface area is 104 Å². The molecule has 0 saturated heterocycles. The van der Waals surface area contributed by atoms with Crippen LogP contribution < -0.4 is 11.1 Å². The number of hydrogen-bond donors (Lipinski definition) is 2. The van der Waals surface area contributed by atoms with Crippen LogP contribution in [-0.2, 0) is 14.4 Å². The van der Waals surface area contributed by atoms with Crippen LogP contribution in [0.2, 0.25) is 0 Å². The third-order valence-electron chi connectivity index (χ3n) is 1.91. The molecule has 2 amide bonds. The van der Waals surface area contributed by atoms with E-state index in [-0.39, 0.29) is 18.1 Å². The zero-order chi connectivity index (χ0) is 13.5. The molecule has 1 aromatic rings. The van der Waals surface area contributed by atoms with Crippen LogP contribution in [0.3, 0.4) is 0 Å². The lowest BCUT2D eigenvalue weighted by molar-refractivity contribution is -0.124. The minimum Gasteiger partial charge on any atom is -0.359 e.